The molecule has 2 fully saturated rings. The molecule has 2 heterocycles. The zero-order valence-electron chi connectivity index (χ0n) is 12.5. The molecule has 0 bridgehead atoms. The van der Waals surface area contributed by atoms with E-state index >= 15 is 0 Å². The van der Waals surface area contributed by atoms with Crippen molar-refractivity contribution in [3.63, 3.8) is 0 Å². The molecule has 1 aliphatic carbocycles. The molecular weight excluding hydrogens is 304 g/mol. The summed E-state index contributed by atoms with van der Waals surface area (Å²) < 4.78 is 1.69. The summed E-state index contributed by atoms with van der Waals surface area (Å²) in [7, 11) is 0. The smallest absolute Gasteiger partial charge is 0.225 e. The first kappa shape index (κ1) is 15.3. The van der Waals surface area contributed by atoms with Crippen LogP contribution >= 0.6 is 11.6 Å². The predicted octanol–water partition coefficient (Wildman–Crippen LogP) is 1.44. The van der Waals surface area contributed by atoms with E-state index in [4.69, 9.17) is 11.6 Å². The van der Waals surface area contributed by atoms with E-state index in [9.17, 15) is 9.59 Å². The highest BCUT2D eigenvalue weighted by molar-refractivity contribution is 6.30. The van der Waals surface area contributed by atoms with Crippen molar-refractivity contribution in [1.82, 2.24) is 20.0 Å². The zero-order chi connectivity index (χ0) is 15.5. The number of aromatic nitrogens is 2. The minimum Gasteiger partial charge on any atom is -0.354 e. The van der Waals surface area contributed by atoms with Gasteiger partial charge in [0.05, 0.1) is 23.7 Å². The van der Waals surface area contributed by atoms with Crippen molar-refractivity contribution in [3.05, 3.63) is 17.4 Å². The van der Waals surface area contributed by atoms with Crippen LogP contribution in [-0.2, 0) is 16.1 Å². The molecule has 1 atom stereocenters. The molecule has 1 saturated carbocycles. The first-order valence-corrected chi connectivity index (χ1v) is 8.26. The third kappa shape index (κ3) is 3.43. The van der Waals surface area contributed by atoms with Crippen molar-refractivity contribution in [1.29, 1.82) is 0 Å². The molecule has 0 unspecified atom stereocenters. The van der Waals surface area contributed by atoms with Crippen LogP contribution in [0.5, 0.6) is 0 Å². The van der Waals surface area contributed by atoms with Crippen LogP contribution in [0.4, 0.5) is 0 Å². The predicted molar refractivity (Wildman–Crippen MR) is 82.3 cm³/mol. The van der Waals surface area contributed by atoms with Gasteiger partial charge in [0.25, 0.3) is 0 Å². The Labute approximate surface area is 134 Å². The Morgan fingerprint density at radius 3 is 2.86 bits per heavy atom. The van der Waals surface area contributed by atoms with E-state index in [0.717, 1.165) is 12.8 Å². The number of amides is 2. The summed E-state index contributed by atoms with van der Waals surface area (Å²) in [6.45, 7) is 1.64. The molecule has 0 radical (unpaired) electrons. The number of nitrogens with one attached hydrogen (secondary N) is 1. The van der Waals surface area contributed by atoms with Crippen LogP contribution in [-0.4, -0.2) is 45.6 Å². The van der Waals surface area contributed by atoms with Crippen LogP contribution in [0.15, 0.2) is 12.4 Å². The minimum absolute atomic E-state index is 0.0351. The highest BCUT2D eigenvalue weighted by Gasteiger charge is 2.38. The number of hydrogen-bond acceptors (Lipinski definition) is 3. The summed E-state index contributed by atoms with van der Waals surface area (Å²) in [4.78, 5) is 26.2. The van der Waals surface area contributed by atoms with Gasteiger partial charge in [-0.25, -0.2) is 0 Å². The second-order valence-electron chi connectivity index (χ2n) is 6.10. The molecule has 1 aromatic rings. The van der Waals surface area contributed by atoms with E-state index < -0.39 is 0 Å². The van der Waals surface area contributed by atoms with Crippen molar-refractivity contribution >= 4 is 23.4 Å². The molecular formula is C15H21ClN4O2. The number of nitrogens with zero attached hydrogens (tertiary/aromatic N) is 3. The molecule has 22 heavy (non-hydrogen) atoms. The Morgan fingerprint density at radius 2 is 2.18 bits per heavy atom. The molecule has 6 nitrogen and oxygen atoms in total. The molecule has 1 saturated heterocycles. The number of rotatable bonds is 5. The number of hydrogen-bond donors (Lipinski definition) is 1. The molecule has 3 rings (SSSR count). The molecule has 1 aromatic heterocycles. The largest absolute Gasteiger partial charge is 0.354 e. The van der Waals surface area contributed by atoms with Crippen molar-refractivity contribution in [2.75, 3.05) is 13.1 Å². The van der Waals surface area contributed by atoms with Crippen molar-refractivity contribution < 1.29 is 9.59 Å². The lowest BCUT2D eigenvalue weighted by molar-refractivity contribution is -0.130. The third-order valence-electron chi connectivity index (χ3n) is 4.54. The molecule has 1 aliphatic heterocycles. The van der Waals surface area contributed by atoms with Gasteiger partial charge in [0.2, 0.25) is 11.8 Å². The van der Waals surface area contributed by atoms with E-state index in [1.165, 1.54) is 12.8 Å². The highest BCUT2D eigenvalue weighted by Crippen LogP contribution is 2.29. The van der Waals surface area contributed by atoms with Crippen LogP contribution < -0.4 is 5.32 Å². The van der Waals surface area contributed by atoms with Crippen molar-refractivity contribution in [3.8, 4) is 0 Å². The maximum absolute atomic E-state index is 12.2. The first-order valence-electron chi connectivity index (χ1n) is 7.88. The Kier molecular flexibility index (Phi) is 4.66. The normalized spacial score (nSPS) is 22.5. The summed E-state index contributed by atoms with van der Waals surface area (Å²) in [5.74, 6) is -0.118. The summed E-state index contributed by atoms with van der Waals surface area (Å²) in [5, 5.41) is 7.53. The molecule has 2 amide bonds. The molecule has 120 valence electrons. The minimum atomic E-state index is -0.214. The van der Waals surface area contributed by atoms with Gasteiger partial charge in [-0.1, -0.05) is 24.4 Å². The van der Waals surface area contributed by atoms with Gasteiger partial charge in [-0.15, -0.1) is 0 Å². The lowest BCUT2D eigenvalue weighted by Gasteiger charge is -2.23. The van der Waals surface area contributed by atoms with E-state index in [2.05, 4.69) is 10.4 Å². The third-order valence-corrected chi connectivity index (χ3v) is 4.73. The standard InChI is InChI=1S/C15H21ClN4O2/c16-12-8-18-19(10-12)6-5-17-15(22)11-7-14(21)20(9-11)13-3-1-2-4-13/h8,10-11,13H,1-7,9H2,(H,17,22)/t11-/m1/s1. The Balaban J connectivity index is 1.45. The fraction of sp³-hybridized carbons (Fsp3) is 0.667. The average Bonchev–Trinajstić information content (AvgIpc) is 3.19. The summed E-state index contributed by atoms with van der Waals surface area (Å²) in [6.07, 6.45) is 8.18. The van der Waals surface area contributed by atoms with E-state index in [1.54, 1.807) is 17.1 Å². The maximum Gasteiger partial charge on any atom is 0.225 e. The zero-order valence-corrected chi connectivity index (χ0v) is 13.3. The number of likely N-dealkylation sites (tertiary alicyclic amines) is 1. The molecule has 7 heteroatoms. The van der Waals surface area contributed by atoms with Gasteiger partial charge >= 0.3 is 0 Å². The van der Waals surface area contributed by atoms with Crippen LogP contribution in [0, 0.1) is 5.92 Å². The lowest BCUT2D eigenvalue weighted by atomic mass is 10.1. The van der Waals surface area contributed by atoms with Gasteiger partial charge in [0.15, 0.2) is 0 Å². The second kappa shape index (κ2) is 6.69. The molecule has 0 aromatic carbocycles. The van der Waals surface area contributed by atoms with Crippen molar-refractivity contribution in [2.24, 2.45) is 5.92 Å². The Hall–Kier alpha value is -1.56. The lowest BCUT2D eigenvalue weighted by Crippen LogP contribution is -2.37. The van der Waals surface area contributed by atoms with Gasteiger partial charge in [-0.3, -0.25) is 14.3 Å². The number of halogens is 1. The summed E-state index contributed by atoms with van der Waals surface area (Å²) in [6, 6.07) is 0.358. The highest BCUT2D eigenvalue weighted by atomic mass is 35.5. The van der Waals surface area contributed by atoms with Crippen LogP contribution in [0.25, 0.3) is 0 Å². The quantitative estimate of drug-likeness (QED) is 0.891. The average molecular weight is 325 g/mol. The van der Waals surface area contributed by atoms with Crippen LogP contribution in [0.3, 0.4) is 0 Å². The fourth-order valence-electron chi connectivity index (χ4n) is 3.37. The summed E-state index contributed by atoms with van der Waals surface area (Å²) in [5.41, 5.74) is 0. The monoisotopic (exact) mass is 324 g/mol. The Bertz CT molecular complexity index is 553. The molecule has 0 spiro atoms. The van der Waals surface area contributed by atoms with Gasteiger partial charge in [-0.2, -0.15) is 5.10 Å². The van der Waals surface area contributed by atoms with Gasteiger partial charge in [0.1, 0.15) is 0 Å². The molecule has 2 aliphatic rings. The fourth-order valence-corrected chi connectivity index (χ4v) is 3.53. The van der Waals surface area contributed by atoms with E-state index in [-0.39, 0.29) is 17.7 Å². The Morgan fingerprint density at radius 1 is 1.41 bits per heavy atom. The molecule has 1 N–H and O–H groups in total. The number of carbonyl (C=O) groups excluding carboxylic acids is 2. The van der Waals surface area contributed by atoms with E-state index in [1.807, 2.05) is 4.90 Å². The number of carbonyl (C=O) groups is 2. The SMILES string of the molecule is O=C(NCCn1cc(Cl)cn1)[C@@H]1CC(=O)N(C2CCCC2)C1. The second-order valence-corrected chi connectivity index (χ2v) is 6.53. The summed E-state index contributed by atoms with van der Waals surface area (Å²) >= 11 is 5.79. The van der Waals surface area contributed by atoms with Crippen LogP contribution in [0.2, 0.25) is 5.02 Å². The first-order chi connectivity index (χ1) is 10.6. The topological polar surface area (TPSA) is 67.2 Å². The van der Waals surface area contributed by atoms with Crippen LogP contribution in [0.1, 0.15) is 32.1 Å². The van der Waals surface area contributed by atoms with Gasteiger partial charge < -0.3 is 10.2 Å². The van der Waals surface area contributed by atoms with E-state index in [0.29, 0.717) is 37.1 Å². The van der Waals surface area contributed by atoms with Gasteiger partial charge in [-0.05, 0) is 12.8 Å². The maximum atomic E-state index is 12.2. The van der Waals surface area contributed by atoms with Crippen molar-refractivity contribution in [2.45, 2.75) is 44.7 Å². The van der Waals surface area contributed by atoms with Gasteiger partial charge in [0, 0.05) is 31.7 Å².